The molecular weight excluding hydrogens is 414 g/mol. The monoisotopic (exact) mass is 441 g/mol. The van der Waals surface area contributed by atoms with Crippen molar-refractivity contribution in [3.8, 4) is 5.75 Å². The smallest absolute Gasteiger partial charge is 0.243 e. The zero-order valence-electron chi connectivity index (χ0n) is 17.9. The lowest BCUT2D eigenvalue weighted by molar-refractivity contribution is 0.311. The minimum Gasteiger partial charge on any atom is -0.494 e. The first-order valence-electron chi connectivity index (χ1n) is 10.9. The second kappa shape index (κ2) is 7.87. The molecule has 1 aliphatic heterocycles. The quantitative estimate of drug-likeness (QED) is 0.583. The van der Waals surface area contributed by atoms with Crippen LogP contribution >= 0.6 is 0 Å². The number of fused-ring (bicyclic) bond motifs is 1. The van der Waals surface area contributed by atoms with Gasteiger partial charge in [0.2, 0.25) is 10.0 Å². The topological polar surface area (TPSA) is 89.7 Å². The number of sulfonamides is 1. The fourth-order valence-electron chi connectivity index (χ4n) is 4.27. The van der Waals surface area contributed by atoms with E-state index in [4.69, 9.17) is 9.84 Å². The Morgan fingerprint density at radius 3 is 2.48 bits per heavy atom. The lowest BCUT2D eigenvalue weighted by Gasteiger charge is -2.30. The van der Waals surface area contributed by atoms with Gasteiger partial charge in [-0.1, -0.05) is 0 Å². The lowest BCUT2D eigenvalue weighted by atomic mass is 9.97. The number of benzene rings is 1. The summed E-state index contributed by atoms with van der Waals surface area (Å²) in [6, 6.07) is 9.09. The van der Waals surface area contributed by atoms with Crippen LogP contribution in [-0.2, 0) is 10.0 Å². The van der Waals surface area contributed by atoms with E-state index in [1.165, 1.54) is 12.8 Å². The Morgan fingerprint density at radius 2 is 1.81 bits per heavy atom. The Balaban J connectivity index is 1.33. The van der Waals surface area contributed by atoms with Crippen molar-refractivity contribution >= 4 is 15.7 Å². The van der Waals surface area contributed by atoms with Crippen LogP contribution < -0.4 is 4.74 Å². The molecule has 2 fully saturated rings. The number of ether oxygens (including phenoxy) is 1. The molecule has 1 saturated heterocycles. The molecule has 0 unspecified atom stereocenters. The third-order valence-electron chi connectivity index (χ3n) is 6.21. The summed E-state index contributed by atoms with van der Waals surface area (Å²) in [5.74, 6) is 2.26. The van der Waals surface area contributed by atoms with Crippen molar-refractivity contribution in [2.75, 3.05) is 19.7 Å². The Labute approximate surface area is 182 Å². The highest BCUT2D eigenvalue weighted by Gasteiger charge is 2.33. The summed E-state index contributed by atoms with van der Waals surface area (Å²) in [6.07, 6.45) is 3.78. The SMILES string of the molecule is CCOc1ccc(S(=O)(=O)N2CCC(c3nnc4ccc(C5CC5)nn34)CC2)cc1C. The highest BCUT2D eigenvalue weighted by atomic mass is 32.2. The molecule has 1 aliphatic carbocycles. The van der Waals surface area contributed by atoms with Gasteiger partial charge < -0.3 is 4.74 Å². The van der Waals surface area contributed by atoms with E-state index in [0.29, 0.717) is 43.4 Å². The Bertz CT molecular complexity index is 1210. The second-order valence-corrected chi connectivity index (χ2v) is 10.3. The predicted molar refractivity (Wildman–Crippen MR) is 116 cm³/mol. The molecule has 3 aromatic rings. The van der Waals surface area contributed by atoms with Gasteiger partial charge in [0, 0.05) is 24.9 Å². The van der Waals surface area contributed by atoms with Gasteiger partial charge >= 0.3 is 0 Å². The van der Waals surface area contributed by atoms with E-state index in [1.807, 2.05) is 30.5 Å². The number of rotatable bonds is 6. The molecular formula is C22H27N5O3S. The number of hydrogen-bond donors (Lipinski definition) is 0. The van der Waals surface area contributed by atoms with Gasteiger partial charge in [-0.3, -0.25) is 0 Å². The van der Waals surface area contributed by atoms with Crippen LogP contribution in [0.3, 0.4) is 0 Å². The van der Waals surface area contributed by atoms with E-state index in [1.54, 1.807) is 22.5 Å². The summed E-state index contributed by atoms with van der Waals surface area (Å²) < 4.78 is 35.3. The molecule has 31 heavy (non-hydrogen) atoms. The number of nitrogens with zero attached hydrogens (tertiary/aromatic N) is 5. The molecule has 0 radical (unpaired) electrons. The van der Waals surface area contributed by atoms with Gasteiger partial charge in [0.05, 0.1) is 17.2 Å². The summed E-state index contributed by atoms with van der Waals surface area (Å²) in [5.41, 5.74) is 2.67. The molecule has 3 heterocycles. The number of piperidine rings is 1. The van der Waals surface area contributed by atoms with E-state index < -0.39 is 10.0 Å². The van der Waals surface area contributed by atoms with E-state index in [-0.39, 0.29) is 5.92 Å². The van der Waals surface area contributed by atoms with Crippen LogP contribution in [-0.4, -0.2) is 52.2 Å². The third-order valence-corrected chi connectivity index (χ3v) is 8.10. The molecule has 164 valence electrons. The number of hydrogen-bond acceptors (Lipinski definition) is 6. The van der Waals surface area contributed by atoms with Crippen molar-refractivity contribution in [2.45, 2.75) is 56.3 Å². The van der Waals surface area contributed by atoms with Crippen molar-refractivity contribution in [3.05, 3.63) is 47.4 Å². The van der Waals surface area contributed by atoms with Crippen LogP contribution in [0.5, 0.6) is 5.75 Å². The maximum Gasteiger partial charge on any atom is 0.243 e. The molecule has 9 heteroatoms. The second-order valence-electron chi connectivity index (χ2n) is 8.40. The van der Waals surface area contributed by atoms with E-state index >= 15 is 0 Å². The van der Waals surface area contributed by atoms with Gasteiger partial charge in [0.15, 0.2) is 11.5 Å². The summed E-state index contributed by atoms with van der Waals surface area (Å²) in [6.45, 7) is 5.24. The molecule has 0 spiro atoms. The summed E-state index contributed by atoms with van der Waals surface area (Å²) >= 11 is 0. The summed E-state index contributed by atoms with van der Waals surface area (Å²) in [7, 11) is -3.54. The van der Waals surface area contributed by atoms with Crippen molar-refractivity contribution in [2.24, 2.45) is 0 Å². The molecule has 8 nitrogen and oxygen atoms in total. The molecule has 0 bridgehead atoms. The molecule has 0 amide bonds. The van der Waals surface area contributed by atoms with E-state index in [0.717, 1.165) is 28.5 Å². The van der Waals surface area contributed by atoms with Gasteiger partial charge in [-0.25, -0.2) is 8.42 Å². The van der Waals surface area contributed by atoms with Crippen LogP contribution in [0.4, 0.5) is 0 Å². The molecule has 0 atom stereocenters. The zero-order chi connectivity index (χ0) is 21.6. The highest BCUT2D eigenvalue weighted by molar-refractivity contribution is 7.89. The summed E-state index contributed by atoms with van der Waals surface area (Å²) in [5, 5.41) is 13.4. The number of aryl methyl sites for hydroxylation is 1. The van der Waals surface area contributed by atoms with Crippen LogP contribution in [0.1, 0.15) is 61.5 Å². The van der Waals surface area contributed by atoms with E-state index in [9.17, 15) is 8.42 Å². The molecule has 2 aromatic heterocycles. The first-order valence-corrected chi connectivity index (χ1v) is 12.4. The fraction of sp³-hybridized carbons (Fsp3) is 0.500. The highest BCUT2D eigenvalue weighted by Crippen LogP contribution is 2.39. The maximum atomic E-state index is 13.2. The molecule has 5 rings (SSSR count). The summed E-state index contributed by atoms with van der Waals surface area (Å²) in [4.78, 5) is 0.315. The standard InChI is InChI=1S/C22H27N5O3S/c1-3-30-20-8-6-18(14-15(20)2)31(28,29)26-12-10-17(11-13-26)22-24-23-21-9-7-19(16-4-5-16)25-27(21)22/h6-9,14,16-17H,3-5,10-13H2,1-2H3. The predicted octanol–water partition coefficient (Wildman–Crippen LogP) is 3.28. The van der Waals surface area contributed by atoms with Crippen LogP contribution in [0, 0.1) is 6.92 Å². The van der Waals surface area contributed by atoms with Gasteiger partial charge in [0.1, 0.15) is 5.75 Å². The van der Waals surface area contributed by atoms with Crippen molar-refractivity contribution < 1.29 is 13.2 Å². The average Bonchev–Trinajstić information content (AvgIpc) is 3.54. The maximum absolute atomic E-state index is 13.2. The largest absolute Gasteiger partial charge is 0.494 e. The van der Waals surface area contributed by atoms with Crippen LogP contribution in [0.15, 0.2) is 35.2 Å². The van der Waals surface area contributed by atoms with Crippen molar-refractivity contribution in [1.29, 1.82) is 0 Å². The minimum absolute atomic E-state index is 0.144. The van der Waals surface area contributed by atoms with Crippen LogP contribution in [0.2, 0.25) is 0 Å². The Kier molecular flexibility index (Phi) is 5.18. The Hall–Kier alpha value is -2.52. The first-order chi connectivity index (χ1) is 15.0. The third kappa shape index (κ3) is 3.80. The minimum atomic E-state index is -3.54. The molecule has 2 aliphatic rings. The molecule has 1 saturated carbocycles. The normalized spacial score (nSPS) is 18.5. The lowest BCUT2D eigenvalue weighted by Crippen LogP contribution is -2.38. The van der Waals surface area contributed by atoms with Gasteiger partial charge in [-0.15, -0.1) is 10.2 Å². The van der Waals surface area contributed by atoms with Crippen LogP contribution in [0.25, 0.3) is 5.65 Å². The fourth-order valence-corrected chi connectivity index (χ4v) is 5.83. The number of aromatic nitrogens is 4. The van der Waals surface area contributed by atoms with Gasteiger partial charge in [0.25, 0.3) is 0 Å². The van der Waals surface area contributed by atoms with Gasteiger partial charge in [-0.2, -0.15) is 13.9 Å². The Morgan fingerprint density at radius 1 is 1.03 bits per heavy atom. The zero-order valence-corrected chi connectivity index (χ0v) is 18.7. The van der Waals surface area contributed by atoms with Crippen molar-refractivity contribution in [3.63, 3.8) is 0 Å². The van der Waals surface area contributed by atoms with Gasteiger partial charge in [-0.05, 0) is 75.4 Å². The first kappa shape index (κ1) is 20.4. The molecule has 1 aromatic carbocycles. The van der Waals surface area contributed by atoms with E-state index in [2.05, 4.69) is 10.2 Å². The molecule has 0 N–H and O–H groups in total. The average molecular weight is 442 g/mol. The van der Waals surface area contributed by atoms with Crippen molar-refractivity contribution in [1.82, 2.24) is 24.1 Å².